The van der Waals surface area contributed by atoms with E-state index in [-0.39, 0.29) is 0 Å². The van der Waals surface area contributed by atoms with Crippen LogP contribution in [0.15, 0.2) is 47.5 Å². The van der Waals surface area contributed by atoms with Gasteiger partial charge in [0.25, 0.3) is 0 Å². The Morgan fingerprint density at radius 1 is 1.44 bits per heavy atom. The molecule has 0 aliphatic rings. The molecule has 0 aliphatic carbocycles. The third-order valence-corrected chi connectivity index (χ3v) is 3.44. The highest BCUT2D eigenvalue weighted by Gasteiger charge is 2.04. The van der Waals surface area contributed by atoms with Crippen LogP contribution in [0.3, 0.4) is 0 Å². The molecule has 0 spiro atoms. The minimum Gasteiger partial charge on any atom is -0.337 e. The molecule has 96 valence electrons. The van der Waals surface area contributed by atoms with Gasteiger partial charge in [0, 0.05) is 29.5 Å². The van der Waals surface area contributed by atoms with Crippen molar-refractivity contribution < 1.29 is 0 Å². The van der Waals surface area contributed by atoms with Crippen molar-refractivity contribution in [3.8, 4) is 0 Å². The zero-order chi connectivity index (χ0) is 12.8. The predicted molar refractivity (Wildman–Crippen MR) is 77.4 cm³/mol. The molecule has 0 amide bonds. The Bertz CT molecular complexity index is 468. The summed E-state index contributed by atoms with van der Waals surface area (Å²) in [6.07, 6.45) is 6.78. The summed E-state index contributed by atoms with van der Waals surface area (Å²) in [6.45, 7) is 4.21. The SMILES string of the molecule is C[C@H](NCCCn1ccnc1)c1cccc(Br)c1. The van der Waals surface area contributed by atoms with E-state index in [1.807, 2.05) is 18.7 Å². The lowest BCUT2D eigenvalue weighted by Gasteiger charge is -2.14. The maximum Gasteiger partial charge on any atom is 0.0945 e. The van der Waals surface area contributed by atoms with E-state index in [1.54, 1.807) is 0 Å². The summed E-state index contributed by atoms with van der Waals surface area (Å²) in [6, 6.07) is 8.81. The molecule has 3 nitrogen and oxygen atoms in total. The number of nitrogens with one attached hydrogen (secondary N) is 1. The van der Waals surface area contributed by atoms with Crippen LogP contribution in [0.2, 0.25) is 0 Å². The van der Waals surface area contributed by atoms with Gasteiger partial charge in [-0.25, -0.2) is 4.98 Å². The van der Waals surface area contributed by atoms with Crippen molar-refractivity contribution in [1.29, 1.82) is 0 Å². The summed E-state index contributed by atoms with van der Waals surface area (Å²) in [5, 5.41) is 3.53. The van der Waals surface area contributed by atoms with E-state index in [0.29, 0.717) is 6.04 Å². The summed E-state index contributed by atoms with van der Waals surface area (Å²) in [5.74, 6) is 0. The van der Waals surface area contributed by atoms with Crippen LogP contribution in [-0.4, -0.2) is 16.1 Å². The Hall–Kier alpha value is -1.13. The van der Waals surface area contributed by atoms with E-state index in [2.05, 4.69) is 62.0 Å². The van der Waals surface area contributed by atoms with Gasteiger partial charge in [-0.15, -0.1) is 0 Å². The lowest BCUT2D eigenvalue weighted by atomic mass is 10.1. The van der Waals surface area contributed by atoms with Crippen LogP contribution in [0, 0.1) is 0 Å². The van der Waals surface area contributed by atoms with Gasteiger partial charge in [-0.05, 0) is 37.6 Å². The van der Waals surface area contributed by atoms with Crippen LogP contribution in [0.1, 0.15) is 24.9 Å². The minimum atomic E-state index is 0.380. The molecular formula is C14H18BrN3. The molecule has 0 aliphatic heterocycles. The third kappa shape index (κ3) is 3.96. The molecule has 2 rings (SSSR count). The largest absolute Gasteiger partial charge is 0.337 e. The normalized spacial score (nSPS) is 12.6. The average molecular weight is 308 g/mol. The molecule has 0 radical (unpaired) electrons. The Labute approximate surface area is 116 Å². The highest BCUT2D eigenvalue weighted by molar-refractivity contribution is 9.10. The van der Waals surface area contributed by atoms with E-state index >= 15 is 0 Å². The second-order valence-corrected chi connectivity index (χ2v) is 5.30. The third-order valence-electron chi connectivity index (χ3n) is 2.95. The van der Waals surface area contributed by atoms with E-state index in [4.69, 9.17) is 0 Å². The predicted octanol–water partition coefficient (Wildman–Crippen LogP) is 3.39. The van der Waals surface area contributed by atoms with Gasteiger partial charge < -0.3 is 9.88 Å². The topological polar surface area (TPSA) is 29.9 Å². The number of halogens is 1. The molecule has 1 aromatic carbocycles. The van der Waals surface area contributed by atoms with Gasteiger partial charge in [-0.3, -0.25) is 0 Å². The fourth-order valence-corrected chi connectivity index (χ4v) is 2.31. The van der Waals surface area contributed by atoms with Gasteiger partial charge >= 0.3 is 0 Å². The van der Waals surface area contributed by atoms with Gasteiger partial charge in [0.2, 0.25) is 0 Å². The first-order valence-corrected chi connectivity index (χ1v) is 6.99. The number of hydrogen-bond donors (Lipinski definition) is 1. The Morgan fingerprint density at radius 3 is 3.06 bits per heavy atom. The van der Waals surface area contributed by atoms with Gasteiger partial charge in [0.1, 0.15) is 0 Å². The zero-order valence-electron chi connectivity index (χ0n) is 10.5. The summed E-state index contributed by atoms with van der Waals surface area (Å²) in [7, 11) is 0. The Morgan fingerprint density at radius 2 is 2.33 bits per heavy atom. The first kappa shape index (κ1) is 13.3. The van der Waals surface area contributed by atoms with Crippen molar-refractivity contribution in [3.05, 3.63) is 53.0 Å². The number of aromatic nitrogens is 2. The molecule has 0 bridgehead atoms. The van der Waals surface area contributed by atoms with E-state index < -0.39 is 0 Å². The Kier molecular flexibility index (Phi) is 4.96. The second kappa shape index (κ2) is 6.71. The number of aryl methyl sites for hydroxylation is 1. The molecule has 1 atom stereocenters. The average Bonchev–Trinajstić information content (AvgIpc) is 2.87. The molecule has 1 aromatic heterocycles. The van der Waals surface area contributed by atoms with Crippen LogP contribution in [0.5, 0.6) is 0 Å². The van der Waals surface area contributed by atoms with Gasteiger partial charge in [0.15, 0.2) is 0 Å². The number of nitrogens with zero attached hydrogens (tertiary/aromatic N) is 2. The van der Waals surface area contributed by atoms with Crippen molar-refractivity contribution in [2.75, 3.05) is 6.54 Å². The van der Waals surface area contributed by atoms with E-state index in [9.17, 15) is 0 Å². The first-order valence-electron chi connectivity index (χ1n) is 6.20. The summed E-state index contributed by atoms with van der Waals surface area (Å²) in [4.78, 5) is 4.03. The minimum absolute atomic E-state index is 0.380. The number of hydrogen-bond acceptors (Lipinski definition) is 2. The monoisotopic (exact) mass is 307 g/mol. The standard InChI is InChI=1S/C14H18BrN3/c1-12(13-4-2-5-14(15)10-13)17-6-3-8-18-9-7-16-11-18/h2,4-5,7,9-12,17H,3,6,8H2,1H3/t12-/m0/s1. The second-order valence-electron chi connectivity index (χ2n) is 4.38. The highest BCUT2D eigenvalue weighted by Crippen LogP contribution is 2.17. The summed E-state index contributed by atoms with van der Waals surface area (Å²) < 4.78 is 3.23. The number of imidazole rings is 1. The highest BCUT2D eigenvalue weighted by atomic mass is 79.9. The lowest BCUT2D eigenvalue weighted by Crippen LogP contribution is -2.20. The molecular weight excluding hydrogens is 290 g/mol. The molecule has 0 unspecified atom stereocenters. The number of rotatable bonds is 6. The van der Waals surface area contributed by atoms with Crippen molar-refractivity contribution in [3.63, 3.8) is 0 Å². The molecule has 1 N–H and O–H groups in total. The van der Waals surface area contributed by atoms with Crippen molar-refractivity contribution in [1.82, 2.24) is 14.9 Å². The maximum atomic E-state index is 4.03. The van der Waals surface area contributed by atoms with Gasteiger partial charge in [-0.1, -0.05) is 28.1 Å². The van der Waals surface area contributed by atoms with Crippen LogP contribution >= 0.6 is 15.9 Å². The van der Waals surface area contributed by atoms with Crippen molar-refractivity contribution in [2.24, 2.45) is 0 Å². The maximum absolute atomic E-state index is 4.03. The molecule has 18 heavy (non-hydrogen) atoms. The van der Waals surface area contributed by atoms with E-state index in [0.717, 1.165) is 24.0 Å². The molecule has 0 saturated heterocycles. The number of benzene rings is 1. The Balaban J connectivity index is 1.73. The fourth-order valence-electron chi connectivity index (χ4n) is 1.89. The molecule has 4 heteroatoms. The van der Waals surface area contributed by atoms with Crippen LogP contribution in [0.4, 0.5) is 0 Å². The van der Waals surface area contributed by atoms with E-state index in [1.165, 1.54) is 5.56 Å². The van der Waals surface area contributed by atoms with Crippen LogP contribution < -0.4 is 5.32 Å². The lowest BCUT2D eigenvalue weighted by molar-refractivity contribution is 0.526. The smallest absolute Gasteiger partial charge is 0.0945 e. The molecule has 2 aromatic rings. The molecule has 0 saturated carbocycles. The van der Waals surface area contributed by atoms with Gasteiger partial charge in [-0.2, -0.15) is 0 Å². The fraction of sp³-hybridized carbons (Fsp3) is 0.357. The van der Waals surface area contributed by atoms with Crippen LogP contribution in [-0.2, 0) is 6.54 Å². The molecule has 1 heterocycles. The molecule has 0 fully saturated rings. The van der Waals surface area contributed by atoms with Gasteiger partial charge in [0.05, 0.1) is 6.33 Å². The van der Waals surface area contributed by atoms with Crippen molar-refractivity contribution >= 4 is 15.9 Å². The zero-order valence-corrected chi connectivity index (χ0v) is 12.1. The first-order chi connectivity index (χ1) is 8.75. The summed E-state index contributed by atoms with van der Waals surface area (Å²) >= 11 is 3.50. The summed E-state index contributed by atoms with van der Waals surface area (Å²) in [5.41, 5.74) is 1.31. The van der Waals surface area contributed by atoms with Crippen LogP contribution in [0.25, 0.3) is 0 Å². The van der Waals surface area contributed by atoms with Crippen molar-refractivity contribution in [2.45, 2.75) is 25.9 Å². The quantitative estimate of drug-likeness (QED) is 0.829.